The zero-order valence-corrected chi connectivity index (χ0v) is 20.8. The molecular weight excluding hydrogens is 471 g/mol. The van der Waals surface area contributed by atoms with E-state index < -0.39 is 0 Å². The fourth-order valence-electron chi connectivity index (χ4n) is 5.55. The van der Waals surface area contributed by atoms with Gasteiger partial charge < -0.3 is 20.2 Å². The van der Waals surface area contributed by atoms with Crippen LogP contribution in [0.1, 0.15) is 38.3 Å². The summed E-state index contributed by atoms with van der Waals surface area (Å²) in [5, 5.41) is 24.4. The van der Waals surface area contributed by atoms with Crippen LogP contribution in [0.15, 0.2) is 52.1 Å². The molecular formula is C25H32ClFN6O2. The zero-order valence-electron chi connectivity index (χ0n) is 20.1. The molecule has 0 aromatic heterocycles. The van der Waals surface area contributed by atoms with E-state index in [9.17, 15) is 14.3 Å². The van der Waals surface area contributed by atoms with Crippen molar-refractivity contribution in [3.05, 3.63) is 58.1 Å². The molecule has 35 heavy (non-hydrogen) atoms. The van der Waals surface area contributed by atoms with Gasteiger partial charge in [-0.3, -0.25) is 4.79 Å². The third kappa shape index (κ3) is 4.57. The van der Waals surface area contributed by atoms with Crippen LogP contribution in [0.25, 0.3) is 0 Å². The number of carbonyl (C=O) groups is 1. The zero-order chi connectivity index (χ0) is 24.7. The maximum Gasteiger partial charge on any atom is 0.240 e. The molecule has 5 atom stereocenters. The van der Waals surface area contributed by atoms with Gasteiger partial charge in [0.05, 0.1) is 30.4 Å². The van der Waals surface area contributed by atoms with Crippen molar-refractivity contribution >= 4 is 17.5 Å². The van der Waals surface area contributed by atoms with Crippen LogP contribution in [0.4, 0.5) is 4.39 Å². The maximum atomic E-state index is 14.6. The standard InChI is InChI=1S/C25H32ClFN6O2/c1-15-10-18(31-8-9-32(19(13-31)14-34)25(35)22-4-3-7-28-22)12-23-24(15)29-30-33(23)16(2)20-6-5-17(26)11-21(20)27/h5-6,10-12,15-16,19,22,24,28,34H,3-4,7-9,13-14H2,1-2H3/t15?,16-,19?,22-,24?/m1/s1. The summed E-state index contributed by atoms with van der Waals surface area (Å²) in [6, 6.07) is 3.81. The van der Waals surface area contributed by atoms with Crippen LogP contribution >= 0.6 is 11.6 Å². The van der Waals surface area contributed by atoms with Gasteiger partial charge in [-0.05, 0) is 44.5 Å². The van der Waals surface area contributed by atoms with E-state index in [1.807, 2.05) is 11.8 Å². The first-order valence-corrected chi connectivity index (χ1v) is 12.7. The van der Waals surface area contributed by atoms with E-state index in [0.29, 0.717) is 30.2 Å². The monoisotopic (exact) mass is 502 g/mol. The highest BCUT2D eigenvalue weighted by molar-refractivity contribution is 6.30. The molecule has 0 spiro atoms. The predicted octanol–water partition coefficient (Wildman–Crippen LogP) is 3.27. The van der Waals surface area contributed by atoms with Crippen LogP contribution in [0.3, 0.4) is 0 Å². The van der Waals surface area contributed by atoms with Gasteiger partial charge in [0.15, 0.2) is 0 Å². The number of halogens is 2. The van der Waals surface area contributed by atoms with Crippen LogP contribution in [-0.2, 0) is 4.79 Å². The molecule has 0 saturated carbocycles. The van der Waals surface area contributed by atoms with Crippen molar-refractivity contribution in [3.8, 4) is 0 Å². The second-order valence-corrected chi connectivity index (χ2v) is 10.3. The van der Waals surface area contributed by atoms with Crippen LogP contribution in [0, 0.1) is 11.7 Å². The number of benzene rings is 1. The number of piperazine rings is 1. The number of nitrogens with zero attached hydrogens (tertiary/aromatic N) is 5. The summed E-state index contributed by atoms with van der Waals surface area (Å²) in [5.41, 5.74) is 2.45. The van der Waals surface area contributed by atoms with Crippen LogP contribution in [0.5, 0.6) is 0 Å². The number of amides is 1. The Kier molecular flexibility index (Phi) is 6.83. The number of rotatable bonds is 5. The first-order chi connectivity index (χ1) is 16.9. The average Bonchev–Trinajstić information content (AvgIpc) is 3.53. The fraction of sp³-hybridized carbons (Fsp3) is 0.560. The minimum absolute atomic E-state index is 0.0827. The van der Waals surface area contributed by atoms with E-state index in [1.54, 1.807) is 17.1 Å². The number of allylic oxidation sites excluding steroid dienone is 1. The summed E-state index contributed by atoms with van der Waals surface area (Å²) in [6.45, 7) is 6.58. The Labute approximate surface area is 210 Å². The normalized spacial score (nSPS) is 29.2. The number of nitrogens with one attached hydrogen (secondary N) is 1. The molecule has 1 amide bonds. The molecule has 2 N–H and O–H groups in total. The molecule has 4 aliphatic rings. The molecule has 0 bridgehead atoms. The van der Waals surface area contributed by atoms with Gasteiger partial charge in [0.1, 0.15) is 11.9 Å². The van der Waals surface area contributed by atoms with Crippen molar-refractivity contribution in [2.24, 2.45) is 16.3 Å². The van der Waals surface area contributed by atoms with E-state index in [0.717, 1.165) is 30.8 Å². The lowest BCUT2D eigenvalue weighted by molar-refractivity contribution is -0.138. The lowest BCUT2D eigenvalue weighted by Gasteiger charge is -2.44. The van der Waals surface area contributed by atoms with Crippen molar-refractivity contribution in [1.82, 2.24) is 20.1 Å². The van der Waals surface area contributed by atoms with Crippen molar-refractivity contribution < 1.29 is 14.3 Å². The molecule has 1 aromatic rings. The van der Waals surface area contributed by atoms with E-state index in [2.05, 4.69) is 39.6 Å². The van der Waals surface area contributed by atoms with Gasteiger partial charge >= 0.3 is 0 Å². The molecule has 3 unspecified atom stereocenters. The fourth-order valence-corrected chi connectivity index (χ4v) is 5.70. The molecule has 1 aromatic carbocycles. The van der Waals surface area contributed by atoms with Gasteiger partial charge in [0.25, 0.3) is 0 Å². The molecule has 0 radical (unpaired) electrons. The Morgan fingerprint density at radius 1 is 1.37 bits per heavy atom. The highest BCUT2D eigenvalue weighted by Gasteiger charge is 2.39. The third-order valence-corrected chi connectivity index (χ3v) is 7.78. The van der Waals surface area contributed by atoms with Crippen molar-refractivity contribution in [1.29, 1.82) is 0 Å². The first-order valence-electron chi connectivity index (χ1n) is 12.4. The summed E-state index contributed by atoms with van der Waals surface area (Å²) in [5.74, 6) is -0.174. The van der Waals surface area contributed by atoms with E-state index in [1.165, 1.54) is 6.07 Å². The summed E-state index contributed by atoms with van der Waals surface area (Å²) in [6.07, 6.45) is 6.10. The van der Waals surface area contributed by atoms with Crippen molar-refractivity contribution in [2.75, 3.05) is 32.8 Å². The Morgan fingerprint density at radius 2 is 2.20 bits per heavy atom. The highest BCUT2D eigenvalue weighted by atomic mass is 35.5. The minimum atomic E-state index is -0.368. The summed E-state index contributed by atoms with van der Waals surface area (Å²) in [4.78, 5) is 17.0. The van der Waals surface area contributed by atoms with E-state index in [-0.39, 0.29) is 48.4 Å². The molecule has 5 rings (SSSR count). The predicted molar refractivity (Wildman–Crippen MR) is 131 cm³/mol. The molecule has 188 valence electrons. The maximum absolute atomic E-state index is 14.6. The van der Waals surface area contributed by atoms with Crippen LogP contribution in [-0.4, -0.2) is 76.7 Å². The first kappa shape index (κ1) is 24.2. The average molecular weight is 503 g/mol. The number of hydrogen-bond acceptors (Lipinski definition) is 7. The summed E-state index contributed by atoms with van der Waals surface area (Å²) < 4.78 is 14.6. The van der Waals surface area contributed by atoms with E-state index in [4.69, 9.17) is 11.6 Å². The van der Waals surface area contributed by atoms with Crippen molar-refractivity contribution in [3.63, 3.8) is 0 Å². The Morgan fingerprint density at radius 3 is 2.91 bits per heavy atom. The number of aliphatic hydroxyl groups is 1. The van der Waals surface area contributed by atoms with E-state index >= 15 is 0 Å². The molecule has 3 aliphatic heterocycles. The largest absolute Gasteiger partial charge is 0.394 e. The number of fused-ring (bicyclic) bond motifs is 1. The second-order valence-electron chi connectivity index (χ2n) is 9.82. The molecule has 10 heteroatoms. The molecule has 8 nitrogen and oxygen atoms in total. The summed E-state index contributed by atoms with van der Waals surface area (Å²) >= 11 is 5.94. The molecule has 2 fully saturated rings. The number of carbonyl (C=O) groups excluding carboxylic acids is 1. The minimum Gasteiger partial charge on any atom is -0.394 e. The van der Waals surface area contributed by atoms with Crippen molar-refractivity contribution in [2.45, 2.75) is 50.9 Å². The van der Waals surface area contributed by atoms with Crippen LogP contribution < -0.4 is 5.32 Å². The van der Waals surface area contributed by atoms with Crippen LogP contribution in [0.2, 0.25) is 5.02 Å². The smallest absolute Gasteiger partial charge is 0.240 e. The summed E-state index contributed by atoms with van der Waals surface area (Å²) in [7, 11) is 0. The number of aliphatic hydroxyl groups excluding tert-OH is 1. The van der Waals surface area contributed by atoms with Gasteiger partial charge in [-0.2, -0.15) is 5.11 Å². The van der Waals surface area contributed by atoms with Gasteiger partial charge in [-0.15, -0.1) is 0 Å². The Hall–Kier alpha value is -2.49. The van der Waals surface area contributed by atoms with Gasteiger partial charge in [0, 0.05) is 41.8 Å². The molecule has 3 heterocycles. The highest BCUT2D eigenvalue weighted by Crippen LogP contribution is 2.40. The van der Waals surface area contributed by atoms with Gasteiger partial charge in [-0.1, -0.05) is 35.9 Å². The Balaban J connectivity index is 1.34. The lowest BCUT2D eigenvalue weighted by Crippen LogP contribution is -2.59. The lowest BCUT2D eigenvalue weighted by atomic mass is 9.91. The Bertz CT molecular complexity index is 1070. The SMILES string of the molecule is CC1C=C(N2CCN(C(=O)[C@H]3CCCN3)C(CO)C2)C=C2C1N=NN2[C@H](C)c1ccc(Cl)cc1F. The second kappa shape index (κ2) is 9.87. The third-order valence-electron chi connectivity index (χ3n) is 7.55. The van der Waals surface area contributed by atoms with Gasteiger partial charge in [-0.25, -0.2) is 9.40 Å². The topological polar surface area (TPSA) is 83.8 Å². The molecule has 2 saturated heterocycles. The molecule has 1 aliphatic carbocycles. The number of hydrogen-bond donors (Lipinski definition) is 2. The quantitative estimate of drug-likeness (QED) is 0.645. The van der Waals surface area contributed by atoms with Gasteiger partial charge in [0.2, 0.25) is 5.91 Å².